The summed E-state index contributed by atoms with van der Waals surface area (Å²) in [5.41, 5.74) is 0. The number of aliphatic hydroxyl groups excluding tert-OH is 2. The van der Waals surface area contributed by atoms with E-state index in [0.717, 1.165) is 0 Å². The third kappa shape index (κ3) is 2.04. The molecule has 0 aromatic carbocycles. The topological polar surface area (TPSA) is 57.5 Å². The van der Waals surface area contributed by atoms with Crippen molar-refractivity contribution in [2.45, 2.75) is 19.4 Å². The molecule has 0 saturated carbocycles. The van der Waals surface area contributed by atoms with Gasteiger partial charge >= 0.3 is 0 Å². The maximum atomic E-state index is 10.2. The van der Waals surface area contributed by atoms with E-state index in [1.807, 2.05) is 0 Å². The molecule has 0 aliphatic carbocycles. The van der Waals surface area contributed by atoms with E-state index in [9.17, 15) is 4.79 Å². The highest BCUT2D eigenvalue weighted by Gasteiger charge is 2.09. The quantitative estimate of drug-likeness (QED) is 0.516. The van der Waals surface area contributed by atoms with Crippen molar-refractivity contribution in [2.75, 3.05) is 6.61 Å². The zero-order chi connectivity index (χ0) is 6.57. The Kier molecular flexibility index (Phi) is 3.39. The molecule has 0 heterocycles. The summed E-state index contributed by atoms with van der Waals surface area (Å²) in [6.45, 7) is 1.12. The molecule has 0 radical (unpaired) electrons. The monoisotopic (exact) mass is 118 g/mol. The van der Waals surface area contributed by atoms with Crippen LogP contribution in [0.4, 0.5) is 0 Å². The van der Waals surface area contributed by atoms with E-state index in [4.69, 9.17) is 10.2 Å². The molecule has 0 aromatic heterocycles. The number of hydrogen-bond acceptors (Lipinski definition) is 3. The number of aliphatic hydroxyl groups is 2. The molecule has 0 aliphatic heterocycles. The Labute approximate surface area is 47.9 Å². The Hall–Kier alpha value is -0.410. The number of Topliss-reactive ketones (excluding diaryl/α,β-unsaturated/α-hetero) is 1. The van der Waals surface area contributed by atoms with Crippen LogP contribution in [-0.4, -0.2) is 28.7 Å². The van der Waals surface area contributed by atoms with E-state index in [1.54, 1.807) is 6.92 Å². The second-order valence-corrected chi connectivity index (χ2v) is 1.55. The molecule has 2 N–H and O–H groups in total. The molecule has 0 fully saturated rings. The first-order chi connectivity index (χ1) is 3.72. The molecular formula is C5H10O3. The van der Waals surface area contributed by atoms with Crippen LogP contribution in [0, 0.1) is 0 Å². The van der Waals surface area contributed by atoms with Crippen LogP contribution in [0.1, 0.15) is 13.3 Å². The second kappa shape index (κ2) is 3.57. The standard InChI is InChI=1S/C5H10O3/c1-2-4(7)5(8)3-6/h4,6-7H,2-3H2,1H3/t4-/m1/s1. The average molecular weight is 118 g/mol. The van der Waals surface area contributed by atoms with Crippen LogP contribution in [0.3, 0.4) is 0 Å². The summed E-state index contributed by atoms with van der Waals surface area (Å²) in [6, 6.07) is 0. The van der Waals surface area contributed by atoms with Gasteiger partial charge in [-0.1, -0.05) is 6.92 Å². The summed E-state index contributed by atoms with van der Waals surface area (Å²) in [7, 11) is 0. The third-order valence-corrected chi connectivity index (χ3v) is 0.914. The van der Waals surface area contributed by atoms with Crippen LogP contribution in [0.5, 0.6) is 0 Å². The van der Waals surface area contributed by atoms with Crippen molar-refractivity contribution in [1.82, 2.24) is 0 Å². The van der Waals surface area contributed by atoms with Gasteiger partial charge in [0.1, 0.15) is 12.7 Å². The highest BCUT2D eigenvalue weighted by Crippen LogP contribution is 1.89. The number of carbonyl (C=O) groups excluding carboxylic acids is 1. The van der Waals surface area contributed by atoms with E-state index < -0.39 is 18.5 Å². The van der Waals surface area contributed by atoms with Gasteiger partial charge in [0.2, 0.25) is 0 Å². The normalized spacial score (nSPS) is 13.4. The molecule has 0 saturated heterocycles. The highest BCUT2D eigenvalue weighted by atomic mass is 16.3. The second-order valence-electron chi connectivity index (χ2n) is 1.55. The van der Waals surface area contributed by atoms with Crippen molar-refractivity contribution >= 4 is 5.78 Å². The lowest BCUT2D eigenvalue weighted by Crippen LogP contribution is -2.21. The van der Waals surface area contributed by atoms with Crippen LogP contribution in [-0.2, 0) is 4.79 Å². The first kappa shape index (κ1) is 7.59. The SMILES string of the molecule is CC[C@@H](O)C(=O)CO. The molecule has 0 aliphatic rings. The first-order valence-corrected chi connectivity index (χ1v) is 2.54. The Morgan fingerprint density at radius 3 is 2.38 bits per heavy atom. The summed E-state index contributed by atoms with van der Waals surface area (Å²) in [5, 5.41) is 16.7. The van der Waals surface area contributed by atoms with Crippen LogP contribution in [0.25, 0.3) is 0 Å². The van der Waals surface area contributed by atoms with Crippen LogP contribution < -0.4 is 0 Å². The maximum absolute atomic E-state index is 10.2. The number of hydrogen-bond donors (Lipinski definition) is 2. The summed E-state index contributed by atoms with van der Waals surface area (Å²) < 4.78 is 0. The number of carbonyl (C=O) groups is 1. The van der Waals surface area contributed by atoms with Crippen molar-refractivity contribution in [3.63, 3.8) is 0 Å². The summed E-state index contributed by atoms with van der Waals surface area (Å²) >= 11 is 0. The minimum atomic E-state index is -0.972. The first-order valence-electron chi connectivity index (χ1n) is 2.54. The molecule has 0 rings (SSSR count). The van der Waals surface area contributed by atoms with E-state index in [2.05, 4.69) is 0 Å². The zero-order valence-electron chi connectivity index (χ0n) is 4.79. The smallest absolute Gasteiger partial charge is 0.186 e. The summed E-state index contributed by atoms with van der Waals surface area (Å²) in [6.07, 6.45) is -0.598. The van der Waals surface area contributed by atoms with Crippen LogP contribution >= 0.6 is 0 Å². The van der Waals surface area contributed by atoms with E-state index in [-0.39, 0.29) is 0 Å². The maximum Gasteiger partial charge on any atom is 0.186 e. The van der Waals surface area contributed by atoms with Gasteiger partial charge in [-0.05, 0) is 6.42 Å². The molecule has 3 nitrogen and oxygen atoms in total. The molecular weight excluding hydrogens is 108 g/mol. The van der Waals surface area contributed by atoms with E-state index in [0.29, 0.717) is 6.42 Å². The van der Waals surface area contributed by atoms with Gasteiger partial charge in [0, 0.05) is 0 Å². The van der Waals surface area contributed by atoms with Gasteiger partial charge in [0.25, 0.3) is 0 Å². The van der Waals surface area contributed by atoms with Crippen molar-refractivity contribution in [1.29, 1.82) is 0 Å². The van der Waals surface area contributed by atoms with Crippen LogP contribution in [0.2, 0.25) is 0 Å². The highest BCUT2D eigenvalue weighted by molar-refractivity contribution is 5.83. The van der Waals surface area contributed by atoms with Gasteiger partial charge in [-0.25, -0.2) is 0 Å². The fourth-order valence-corrected chi connectivity index (χ4v) is 0.333. The molecule has 0 aromatic rings. The van der Waals surface area contributed by atoms with Crippen molar-refractivity contribution in [3.8, 4) is 0 Å². The van der Waals surface area contributed by atoms with Crippen LogP contribution in [0.15, 0.2) is 0 Å². The molecule has 0 unspecified atom stereocenters. The van der Waals surface area contributed by atoms with Gasteiger partial charge in [0.15, 0.2) is 5.78 Å². The third-order valence-electron chi connectivity index (χ3n) is 0.914. The average Bonchev–Trinajstić information content (AvgIpc) is 1.84. The lowest BCUT2D eigenvalue weighted by molar-refractivity contribution is -0.130. The predicted octanol–water partition coefficient (Wildman–Crippen LogP) is -0.681. The Morgan fingerprint density at radius 1 is 1.75 bits per heavy atom. The van der Waals surface area contributed by atoms with Gasteiger partial charge in [-0.15, -0.1) is 0 Å². The molecule has 48 valence electrons. The Bertz CT molecular complexity index is 79.7. The van der Waals surface area contributed by atoms with Crippen molar-refractivity contribution in [2.24, 2.45) is 0 Å². The van der Waals surface area contributed by atoms with Gasteiger partial charge < -0.3 is 10.2 Å². The molecule has 0 amide bonds. The van der Waals surface area contributed by atoms with Crippen molar-refractivity contribution < 1.29 is 15.0 Å². The van der Waals surface area contributed by atoms with Gasteiger partial charge in [0.05, 0.1) is 0 Å². The minimum absolute atomic E-state index is 0.374. The van der Waals surface area contributed by atoms with E-state index >= 15 is 0 Å². The molecule has 0 spiro atoms. The van der Waals surface area contributed by atoms with Gasteiger partial charge in [-0.2, -0.15) is 0 Å². The fraction of sp³-hybridized carbons (Fsp3) is 0.800. The number of ketones is 1. The predicted molar refractivity (Wildman–Crippen MR) is 28.4 cm³/mol. The van der Waals surface area contributed by atoms with E-state index in [1.165, 1.54) is 0 Å². The number of rotatable bonds is 3. The van der Waals surface area contributed by atoms with Gasteiger partial charge in [-0.3, -0.25) is 4.79 Å². The summed E-state index contributed by atoms with van der Waals surface area (Å²) in [4.78, 5) is 10.2. The molecule has 1 atom stereocenters. The zero-order valence-corrected chi connectivity index (χ0v) is 4.79. The van der Waals surface area contributed by atoms with Crippen molar-refractivity contribution in [3.05, 3.63) is 0 Å². The largest absolute Gasteiger partial charge is 0.388 e. The molecule has 8 heavy (non-hydrogen) atoms. The molecule has 3 heteroatoms. The molecule has 0 bridgehead atoms. The lowest BCUT2D eigenvalue weighted by atomic mass is 10.2. The minimum Gasteiger partial charge on any atom is -0.388 e. The fourth-order valence-electron chi connectivity index (χ4n) is 0.333. The Balaban J connectivity index is 3.46. The summed E-state index contributed by atoms with van der Waals surface area (Å²) in [5.74, 6) is -0.507. The Morgan fingerprint density at radius 2 is 2.25 bits per heavy atom. The lowest BCUT2D eigenvalue weighted by Gasteiger charge is -2.00.